The summed E-state index contributed by atoms with van der Waals surface area (Å²) >= 11 is 0. The third kappa shape index (κ3) is 5.58. The summed E-state index contributed by atoms with van der Waals surface area (Å²) in [5.74, 6) is -0.396. The van der Waals surface area contributed by atoms with Crippen LogP contribution in [-0.4, -0.2) is 58.6 Å². The molecular weight excluding hydrogens is 488 g/mol. The van der Waals surface area contributed by atoms with E-state index >= 15 is 0 Å². The first-order valence-electron chi connectivity index (χ1n) is 12.9. The zero-order chi connectivity index (χ0) is 28.0. The van der Waals surface area contributed by atoms with Gasteiger partial charge in [-0.2, -0.15) is 4.90 Å². The van der Waals surface area contributed by atoms with E-state index in [2.05, 4.69) is 5.32 Å². The molecule has 2 unspecified atom stereocenters. The molecule has 2 saturated heterocycles. The highest BCUT2D eigenvalue weighted by Crippen LogP contribution is 2.39. The predicted octanol–water partition coefficient (Wildman–Crippen LogP) is 2.67. The Labute approximate surface area is 223 Å². The lowest BCUT2D eigenvalue weighted by Crippen LogP contribution is -2.72. The number of carbonyl (C=O) groups excluding carboxylic acids is 4. The molecule has 4 rings (SSSR count). The van der Waals surface area contributed by atoms with Crippen molar-refractivity contribution in [3.05, 3.63) is 47.3 Å². The monoisotopic (exact) mass is 525 g/mol. The number of aromatic nitrogens is 1. The van der Waals surface area contributed by atoms with Gasteiger partial charge in [-0.3, -0.25) is 9.69 Å². The fraction of sp³-hybridized carbons (Fsp3) is 0.536. The largest absolute Gasteiger partial charge is 0.455 e. The van der Waals surface area contributed by atoms with Crippen LogP contribution in [0.5, 0.6) is 0 Å². The van der Waals surface area contributed by atoms with E-state index in [0.717, 1.165) is 5.82 Å². The van der Waals surface area contributed by atoms with Gasteiger partial charge in [0.05, 0.1) is 25.8 Å². The standard InChI is InChI=1S/C28H36N4O6/c1-27(2,3)37-25(35)22-17(16-18-13-15-31(23(18)33)20-10-8-9-14-30(20)7)11-12-19-21(24(34)32(19)22)29-26(36)38-28(4,5)6/h8-10,14,16,19,21H,11-13,15H2,1-7H3/p+1. The topological polar surface area (TPSA) is 109 Å². The van der Waals surface area contributed by atoms with Gasteiger partial charge in [0, 0.05) is 18.1 Å². The summed E-state index contributed by atoms with van der Waals surface area (Å²) in [6.45, 7) is 11.0. The van der Waals surface area contributed by atoms with Crippen LogP contribution in [0.15, 0.2) is 47.3 Å². The molecule has 0 radical (unpaired) electrons. The van der Waals surface area contributed by atoms with Crippen molar-refractivity contribution in [2.24, 2.45) is 7.05 Å². The highest BCUT2D eigenvalue weighted by Gasteiger charge is 2.54. The van der Waals surface area contributed by atoms with Crippen molar-refractivity contribution < 1.29 is 33.2 Å². The van der Waals surface area contributed by atoms with Crippen molar-refractivity contribution >= 4 is 29.7 Å². The quantitative estimate of drug-likeness (QED) is 0.280. The number of pyridine rings is 1. The number of esters is 1. The number of hydrogen-bond donors (Lipinski definition) is 1. The molecule has 10 heteroatoms. The second-order valence-electron chi connectivity index (χ2n) is 11.9. The highest BCUT2D eigenvalue weighted by atomic mass is 16.6. The van der Waals surface area contributed by atoms with E-state index in [9.17, 15) is 19.2 Å². The van der Waals surface area contributed by atoms with Gasteiger partial charge in [-0.25, -0.2) is 19.0 Å². The van der Waals surface area contributed by atoms with Gasteiger partial charge < -0.3 is 14.8 Å². The fourth-order valence-electron chi connectivity index (χ4n) is 4.95. The first-order chi connectivity index (χ1) is 17.7. The minimum atomic E-state index is -0.793. The van der Waals surface area contributed by atoms with Crippen molar-refractivity contribution in [3.8, 4) is 0 Å². The van der Waals surface area contributed by atoms with Gasteiger partial charge in [-0.05, 0) is 72.1 Å². The van der Waals surface area contributed by atoms with Crippen molar-refractivity contribution in [1.82, 2.24) is 10.2 Å². The molecule has 38 heavy (non-hydrogen) atoms. The molecule has 10 nitrogen and oxygen atoms in total. The lowest BCUT2D eigenvalue weighted by Gasteiger charge is -2.50. The van der Waals surface area contributed by atoms with Gasteiger partial charge in [0.25, 0.3) is 11.7 Å². The van der Waals surface area contributed by atoms with Gasteiger partial charge in [-0.1, -0.05) is 6.07 Å². The summed E-state index contributed by atoms with van der Waals surface area (Å²) in [5.41, 5.74) is -0.198. The Morgan fingerprint density at radius 1 is 1.05 bits per heavy atom. The number of amides is 3. The zero-order valence-electron chi connectivity index (χ0n) is 23.2. The molecule has 0 aromatic carbocycles. The van der Waals surface area contributed by atoms with Crippen LogP contribution < -0.4 is 14.8 Å². The smallest absolute Gasteiger partial charge is 0.408 e. The maximum absolute atomic E-state index is 13.3. The van der Waals surface area contributed by atoms with Crippen molar-refractivity contribution in [3.63, 3.8) is 0 Å². The van der Waals surface area contributed by atoms with E-state index in [1.54, 1.807) is 52.5 Å². The molecule has 1 aromatic rings. The Balaban J connectivity index is 1.63. The predicted molar refractivity (Wildman–Crippen MR) is 139 cm³/mol. The Bertz CT molecular complexity index is 1240. The molecule has 0 spiro atoms. The summed E-state index contributed by atoms with van der Waals surface area (Å²) in [7, 11) is 1.88. The van der Waals surface area contributed by atoms with E-state index < -0.39 is 41.3 Å². The van der Waals surface area contributed by atoms with Crippen LogP contribution in [0.4, 0.5) is 10.6 Å². The van der Waals surface area contributed by atoms with Gasteiger partial charge in [0.2, 0.25) is 0 Å². The molecule has 2 fully saturated rings. The number of fused-ring (bicyclic) bond motifs is 1. The maximum atomic E-state index is 13.3. The first-order valence-corrected chi connectivity index (χ1v) is 12.9. The minimum absolute atomic E-state index is 0.132. The lowest BCUT2D eigenvalue weighted by atomic mass is 9.83. The third-order valence-corrected chi connectivity index (χ3v) is 6.52. The number of β-lactam (4-membered cyclic amide) rings is 1. The normalized spacial score (nSPS) is 22.9. The summed E-state index contributed by atoms with van der Waals surface area (Å²) in [6.07, 6.45) is 4.42. The average molecular weight is 526 g/mol. The van der Waals surface area contributed by atoms with Gasteiger partial charge in [-0.15, -0.1) is 0 Å². The average Bonchev–Trinajstić information content (AvgIpc) is 3.15. The van der Waals surface area contributed by atoms with Crippen LogP contribution in [0.3, 0.4) is 0 Å². The molecule has 0 bridgehead atoms. The van der Waals surface area contributed by atoms with Gasteiger partial charge >= 0.3 is 18.0 Å². The Hall–Kier alpha value is -3.69. The van der Waals surface area contributed by atoms with E-state index in [-0.39, 0.29) is 11.6 Å². The van der Waals surface area contributed by atoms with Crippen LogP contribution in [0.25, 0.3) is 0 Å². The Morgan fingerprint density at radius 3 is 2.37 bits per heavy atom. The Kier molecular flexibility index (Phi) is 7.11. The van der Waals surface area contributed by atoms with Crippen molar-refractivity contribution in [2.45, 2.75) is 84.1 Å². The molecule has 0 aliphatic carbocycles. The number of ether oxygens (including phenoxy) is 2. The number of anilines is 1. The number of carbonyl (C=O) groups is 4. The maximum Gasteiger partial charge on any atom is 0.408 e. The molecule has 3 aliphatic rings. The molecule has 4 heterocycles. The summed E-state index contributed by atoms with van der Waals surface area (Å²) in [6, 6.07) is 4.46. The van der Waals surface area contributed by atoms with Crippen molar-refractivity contribution in [1.29, 1.82) is 0 Å². The van der Waals surface area contributed by atoms with Crippen LogP contribution in [-0.2, 0) is 30.9 Å². The number of alkyl carbamates (subject to hydrolysis) is 1. The molecular formula is C28H37N4O6+. The highest BCUT2D eigenvalue weighted by molar-refractivity contribution is 6.08. The fourth-order valence-corrected chi connectivity index (χ4v) is 4.95. The van der Waals surface area contributed by atoms with Crippen molar-refractivity contribution in [2.75, 3.05) is 11.4 Å². The number of nitrogens with zero attached hydrogens (tertiary/aromatic N) is 3. The number of hydrogen-bond acceptors (Lipinski definition) is 6. The van der Waals surface area contributed by atoms with Crippen LogP contribution in [0, 0.1) is 0 Å². The van der Waals surface area contributed by atoms with E-state index in [0.29, 0.717) is 37.0 Å². The van der Waals surface area contributed by atoms with E-state index in [1.165, 1.54) is 4.90 Å². The zero-order valence-corrected chi connectivity index (χ0v) is 23.2. The third-order valence-electron chi connectivity index (χ3n) is 6.52. The van der Waals surface area contributed by atoms with Gasteiger partial charge in [0.15, 0.2) is 0 Å². The number of nitrogens with one attached hydrogen (secondary N) is 1. The molecule has 2 atom stereocenters. The summed E-state index contributed by atoms with van der Waals surface area (Å²) in [4.78, 5) is 55.3. The molecule has 3 aliphatic heterocycles. The van der Waals surface area contributed by atoms with Gasteiger partial charge in [0.1, 0.15) is 22.9 Å². The van der Waals surface area contributed by atoms with Crippen LogP contribution in [0.1, 0.15) is 60.8 Å². The first kappa shape index (κ1) is 27.3. The van der Waals surface area contributed by atoms with E-state index in [1.807, 2.05) is 36.0 Å². The number of aryl methyl sites for hydroxylation is 1. The van der Waals surface area contributed by atoms with E-state index in [4.69, 9.17) is 9.47 Å². The minimum Gasteiger partial charge on any atom is -0.455 e. The summed E-state index contributed by atoms with van der Waals surface area (Å²) in [5, 5.41) is 2.65. The molecule has 204 valence electrons. The van der Waals surface area contributed by atoms with Crippen LogP contribution in [0.2, 0.25) is 0 Å². The number of allylic oxidation sites excluding steroid dienone is 2. The molecule has 3 amide bonds. The molecule has 1 N–H and O–H groups in total. The second-order valence-corrected chi connectivity index (χ2v) is 11.9. The SMILES string of the molecule is C[n+]1ccccc1N1CCC(=CC2=C(C(=O)OC(C)(C)C)N3C(=O)C(NC(=O)OC(C)(C)C)C3CC2)C1=O. The molecule has 1 aromatic heterocycles. The summed E-state index contributed by atoms with van der Waals surface area (Å²) < 4.78 is 12.9. The lowest BCUT2D eigenvalue weighted by molar-refractivity contribution is -0.658. The molecule has 0 saturated carbocycles. The Morgan fingerprint density at radius 2 is 1.74 bits per heavy atom. The van der Waals surface area contributed by atoms with Crippen LogP contribution >= 0.6 is 0 Å². The number of rotatable bonds is 4. The second kappa shape index (κ2) is 9.89.